The zero-order valence-corrected chi connectivity index (χ0v) is 17.2. The van der Waals surface area contributed by atoms with Crippen molar-refractivity contribution in [2.45, 2.75) is 0 Å². The molecule has 2 aromatic carbocycles. The first kappa shape index (κ1) is 18.3. The van der Waals surface area contributed by atoms with E-state index in [1.54, 1.807) is 24.5 Å². The molecule has 2 heterocycles. The molecule has 8 heteroatoms. The summed E-state index contributed by atoms with van der Waals surface area (Å²) in [7, 11) is 4.61. The first-order valence-corrected chi connectivity index (χ1v) is 10.8. The Morgan fingerprint density at radius 1 is 0.964 bits per heavy atom. The molecule has 0 spiro atoms. The van der Waals surface area contributed by atoms with E-state index in [0.29, 0.717) is 33.3 Å². The van der Waals surface area contributed by atoms with E-state index in [1.165, 1.54) is 21.3 Å². The van der Waals surface area contributed by atoms with Gasteiger partial charge in [-0.25, -0.2) is 0 Å². The second-order valence-corrected chi connectivity index (χ2v) is 8.98. The zero-order chi connectivity index (χ0) is 19.7. The van der Waals surface area contributed by atoms with Gasteiger partial charge in [-0.1, -0.05) is 0 Å². The first-order chi connectivity index (χ1) is 13.6. The van der Waals surface area contributed by atoms with E-state index in [2.05, 4.69) is 9.97 Å². The number of aromatic amines is 1. The molecular formula is C20H18N2O5Se. The van der Waals surface area contributed by atoms with Gasteiger partial charge in [-0.3, -0.25) is 0 Å². The van der Waals surface area contributed by atoms with Crippen LogP contribution in [0.5, 0.6) is 17.2 Å². The van der Waals surface area contributed by atoms with E-state index in [4.69, 9.17) is 18.6 Å². The van der Waals surface area contributed by atoms with Crippen molar-refractivity contribution >= 4 is 33.8 Å². The molecule has 0 radical (unpaired) electrons. The van der Waals surface area contributed by atoms with Crippen molar-refractivity contribution in [1.82, 2.24) is 9.97 Å². The molecule has 4 rings (SSSR count). The average molecular weight is 445 g/mol. The SMILES string of the molecule is COc1cc([Se](=O)c2ccc3nc(-c4ccco4)[nH]c3c2)cc(OC)c1OC. The summed E-state index contributed by atoms with van der Waals surface area (Å²) in [6.45, 7) is 0. The number of methoxy groups -OCH3 is 3. The molecule has 1 atom stereocenters. The number of benzene rings is 2. The fourth-order valence-electron chi connectivity index (χ4n) is 2.93. The summed E-state index contributed by atoms with van der Waals surface area (Å²) in [5.41, 5.74) is 1.57. The van der Waals surface area contributed by atoms with Gasteiger partial charge in [0.1, 0.15) is 0 Å². The van der Waals surface area contributed by atoms with E-state index in [-0.39, 0.29) is 0 Å². The minimum atomic E-state index is -2.57. The molecule has 1 unspecified atom stereocenters. The second kappa shape index (κ2) is 7.50. The maximum atomic E-state index is 13.3. The molecule has 0 saturated carbocycles. The number of fused-ring (bicyclic) bond motifs is 1. The fraction of sp³-hybridized carbons (Fsp3) is 0.150. The zero-order valence-electron chi connectivity index (χ0n) is 15.5. The third-order valence-corrected chi connectivity index (χ3v) is 7.10. The number of ether oxygens (including phenoxy) is 3. The summed E-state index contributed by atoms with van der Waals surface area (Å²) in [6.07, 6.45) is 1.60. The van der Waals surface area contributed by atoms with Crippen LogP contribution in [0.4, 0.5) is 0 Å². The summed E-state index contributed by atoms with van der Waals surface area (Å²) >= 11 is -2.57. The normalized spacial score (nSPS) is 12.1. The molecule has 2 aromatic heterocycles. The topological polar surface area (TPSA) is 86.6 Å². The maximum absolute atomic E-state index is 13.3. The van der Waals surface area contributed by atoms with Crippen LogP contribution in [0, 0.1) is 0 Å². The predicted octanol–water partition coefficient (Wildman–Crippen LogP) is 2.38. The molecule has 0 aliphatic rings. The van der Waals surface area contributed by atoms with Crippen LogP contribution in [-0.2, 0) is 3.83 Å². The summed E-state index contributed by atoms with van der Waals surface area (Å²) in [5, 5.41) is 0. The number of furan rings is 1. The molecule has 1 N–H and O–H groups in total. The number of hydrogen-bond acceptors (Lipinski definition) is 6. The Morgan fingerprint density at radius 2 is 1.71 bits per heavy atom. The van der Waals surface area contributed by atoms with Gasteiger partial charge in [0.2, 0.25) is 0 Å². The molecule has 4 aromatic rings. The van der Waals surface area contributed by atoms with Crippen molar-refractivity contribution < 1.29 is 22.5 Å². The monoisotopic (exact) mass is 446 g/mol. The molecule has 28 heavy (non-hydrogen) atoms. The fourth-order valence-corrected chi connectivity index (χ4v) is 5.28. The van der Waals surface area contributed by atoms with Crippen molar-refractivity contribution in [2.24, 2.45) is 0 Å². The van der Waals surface area contributed by atoms with Crippen molar-refractivity contribution in [2.75, 3.05) is 21.3 Å². The van der Waals surface area contributed by atoms with E-state index >= 15 is 0 Å². The van der Waals surface area contributed by atoms with Gasteiger partial charge >= 0.3 is 165 Å². The Bertz CT molecular complexity index is 1130. The van der Waals surface area contributed by atoms with Gasteiger partial charge in [-0.2, -0.15) is 0 Å². The van der Waals surface area contributed by atoms with Crippen LogP contribution in [-0.4, -0.2) is 45.1 Å². The van der Waals surface area contributed by atoms with E-state index in [0.717, 1.165) is 15.5 Å². The van der Waals surface area contributed by atoms with Crippen LogP contribution in [0.15, 0.2) is 53.1 Å². The molecule has 0 saturated heterocycles. The number of H-pyrrole nitrogens is 1. The summed E-state index contributed by atoms with van der Waals surface area (Å²) in [4.78, 5) is 7.73. The number of aromatic nitrogens is 2. The Labute approximate surface area is 165 Å². The van der Waals surface area contributed by atoms with Crippen molar-refractivity contribution in [3.05, 3.63) is 48.7 Å². The molecule has 0 bridgehead atoms. The third kappa shape index (κ3) is 3.17. The van der Waals surface area contributed by atoms with Crippen LogP contribution >= 0.6 is 0 Å². The van der Waals surface area contributed by atoms with Crippen LogP contribution in [0.25, 0.3) is 22.6 Å². The van der Waals surface area contributed by atoms with E-state index < -0.39 is 13.8 Å². The predicted molar refractivity (Wildman–Crippen MR) is 106 cm³/mol. The van der Waals surface area contributed by atoms with Gasteiger partial charge < -0.3 is 0 Å². The third-order valence-electron chi connectivity index (χ3n) is 4.27. The van der Waals surface area contributed by atoms with Gasteiger partial charge in [0.15, 0.2) is 0 Å². The van der Waals surface area contributed by atoms with Crippen molar-refractivity contribution in [3.63, 3.8) is 0 Å². The summed E-state index contributed by atoms with van der Waals surface area (Å²) in [5.74, 6) is 2.71. The summed E-state index contributed by atoms with van der Waals surface area (Å²) in [6, 6.07) is 12.6. The van der Waals surface area contributed by atoms with Crippen molar-refractivity contribution in [1.29, 1.82) is 0 Å². The van der Waals surface area contributed by atoms with Gasteiger partial charge in [0.05, 0.1) is 0 Å². The Morgan fingerprint density at radius 3 is 2.32 bits per heavy atom. The molecule has 0 fully saturated rings. The second-order valence-electron chi connectivity index (χ2n) is 5.87. The van der Waals surface area contributed by atoms with E-state index in [1.807, 2.05) is 24.3 Å². The standard InChI is InChI=1S/C20H18N2O5Se/c1-24-17-10-13(11-18(25-2)19(17)26-3)28(23)12-6-7-14-15(9-12)22-20(21-14)16-5-4-8-27-16/h4-11H,1-3H3,(H,21,22). The molecular weight excluding hydrogens is 427 g/mol. The van der Waals surface area contributed by atoms with Crippen LogP contribution in [0.2, 0.25) is 0 Å². The minimum absolute atomic E-state index is 0.472. The van der Waals surface area contributed by atoms with Gasteiger partial charge in [-0.05, 0) is 0 Å². The first-order valence-electron chi connectivity index (χ1n) is 8.40. The van der Waals surface area contributed by atoms with Crippen molar-refractivity contribution in [3.8, 4) is 28.8 Å². The molecule has 0 amide bonds. The van der Waals surface area contributed by atoms with Gasteiger partial charge in [-0.15, -0.1) is 0 Å². The average Bonchev–Trinajstić information content (AvgIpc) is 3.40. The van der Waals surface area contributed by atoms with Crippen LogP contribution < -0.4 is 23.1 Å². The number of nitrogens with zero attached hydrogens (tertiary/aromatic N) is 1. The number of hydrogen-bond donors (Lipinski definition) is 1. The molecule has 0 aliphatic carbocycles. The number of imidazole rings is 1. The Kier molecular flexibility index (Phi) is 4.90. The Hall–Kier alpha value is -3.09. The Balaban J connectivity index is 1.74. The molecule has 7 nitrogen and oxygen atoms in total. The molecule has 144 valence electrons. The summed E-state index contributed by atoms with van der Waals surface area (Å²) < 4.78 is 36.1. The van der Waals surface area contributed by atoms with E-state index in [9.17, 15) is 3.83 Å². The quantitative estimate of drug-likeness (QED) is 0.459. The van der Waals surface area contributed by atoms with Crippen LogP contribution in [0.3, 0.4) is 0 Å². The van der Waals surface area contributed by atoms with Crippen LogP contribution in [0.1, 0.15) is 0 Å². The van der Waals surface area contributed by atoms with Gasteiger partial charge in [0, 0.05) is 0 Å². The molecule has 0 aliphatic heterocycles. The van der Waals surface area contributed by atoms with Gasteiger partial charge in [0.25, 0.3) is 0 Å². The number of nitrogens with one attached hydrogen (secondary N) is 1. The number of rotatable bonds is 6.